The van der Waals surface area contributed by atoms with Gasteiger partial charge in [-0.05, 0) is 32.1 Å². The predicted octanol–water partition coefficient (Wildman–Crippen LogP) is 3.70. The monoisotopic (exact) mass is 228 g/mol. The predicted molar refractivity (Wildman–Crippen MR) is 71.4 cm³/mol. The van der Waals surface area contributed by atoms with Crippen molar-refractivity contribution in [2.45, 2.75) is 70.8 Å². The zero-order valence-corrected chi connectivity index (χ0v) is 11.0. The van der Waals surface area contributed by atoms with Crippen molar-refractivity contribution in [3.8, 4) is 0 Å². The van der Waals surface area contributed by atoms with Crippen molar-refractivity contribution < 1.29 is 4.74 Å². The minimum Gasteiger partial charge on any atom is -0.381 e. The quantitative estimate of drug-likeness (QED) is 0.517. The minimum atomic E-state index is 0.349. The number of rotatable bonds is 12. The third kappa shape index (κ3) is 12.0. The van der Waals surface area contributed by atoms with E-state index in [2.05, 4.69) is 13.8 Å². The second-order valence-electron chi connectivity index (χ2n) is 4.57. The summed E-state index contributed by atoms with van der Waals surface area (Å²) < 4.78 is 5.57. The van der Waals surface area contributed by atoms with Crippen molar-refractivity contribution in [1.82, 2.24) is 0 Å². The van der Waals surface area contributed by atoms with Crippen LogP contribution < -0.4 is 5.73 Å². The van der Waals surface area contributed by atoms with Gasteiger partial charge in [-0.25, -0.2) is 0 Å². The van der Waals surface area contributed by atoms with E-state index in [-0.39, 0.29) is 0 Å². The van der Waals surface area contributed by atoms with Gasteiger partial charge in [0.15, 0.2) is 0 Å². The van der Waals surface area contributed by atoms with Crippen LogP contribution in [0.5, 0.6) is 0 Å². The van der Waals surface area contributed by atoms with Crippen LogP contribution in [0.3, 0.4) is 0 Å². The Labute approximate surface area is 102 Å². The summed E-state index contributed by atoms with van der Waals surface area (Å²) in [6.07, 6.45) is 10.6. The third-order valence-electron chi connectivity index (χ3n) is 2.83. The molecule has 1 atom stereocenters. The number of hydrogen-bond acceptors (Lipinski definition) is 2. The molecule has 1 radical (unpaired) electrons. The van der Waals surface area contributed by atoms with Crippen LogP contribution in [0.15, 0.2) is 0 Å². The first-order valence-electron chi connectivity index (χ1n) is 6.93. The highest BCUT2D eigenvalue weighted by molar-refractivity contribution is 4.61. The Balaban J connectivity index is 2.98. The SMILES string of the molecule is [CH2]CCC(N)CCCCOCCCCCC. The van der Waals surface area contributed by atoms with Crippen LogP contribution in [0.25, 0.3) is 0 Å². The average Bonchev–Trinajstić information content (AvgIpc) is 2.27. The van der Waals surface area contributed by atoms with Gasteiger partial charge in [-0.2, -0.15) is 0 Å². The van der Waals surface area contributed by atoms with Gasteiger partial charge in [0.1, 0.15) is 0 Å². The molecule has 0 heterocycles. The van der Waals surface area contributed by atoms with Gasteiger partial charge >= 0.3 is 0 Å². The van der Waals surface area contributed by atoms with E-state index in [1.807, 2.05) is 0 Å². The summed E-state index contributed by atoms with van der Waals surface area (Å²) in [5, 5.41) is 0. The maximum Gasteiger partial charge on any atom is 0.0466 e. The molecule has 0 saturated carbocycles. The summed E-state index contributed by atoms with van der Waals surface area (Å²) in [6, 6.07) is 0.349. The molecule has 16 heavy (non-hydrogen) atoms. The fourth-order valence-corrected chi connectivity index (χ4v) is 1.75. The van der Waals surface area contributed by atoms with Gasteiger partial charge in [0.05, 0.1) is 0 Å². The topological polar surface area (TPSA) is 35.2 Å². The summed E-state index contributed by atoms with van der Waals surface area (Å²) in [7, 11) is 0. The molecule has 0 aliphatic heterocycles. The molecular weight excluding hydrogens is 198 g/mol. The van der Waals surface area contributed by atoms with E-state index in [0.29, 0.717) is 6.04 Å². The molecule has 0 aliphatic carbocycles. The molecule has 0 bridgehead atoms. The Morgan fingerprint density at radius 2 is 1.69 bits per heavy atom. The van der Waals surface area contributed by atoms with Crippen LogP contribution in [-0.2, 0) is 4.74 Å². The molecule has 0 aromatic heterocycles. The lowest BCUT2D eigenvalue weighted by Gasteiger charge is -2.09. The molecule has 97 valence electrons. The number of hydrogen-bond donors (Lipinski definition) is 1. The lowest BCUT2D eigenvalue weighted by Crippen LogP contribution is -2.19. The second kappa shape index (κ2) is 13.0. The van der Waals surface area contributed by atoms with E-state index in [9.17, 15) is 0 Å². The Morgan fingerprint density at radius 1 is 1.00 bits per heavy atom. The normalized spacial score (nSPS) is 12.9. The summed E-state index contributed by atoms with van der Waals surface area (Å²) in [6.45, 7) is 7.89. The third-order valence-corrected chi connectivity index (χ3v) is 2.83. The minimum absolute atomic E-state index is 0.349. The van der Waals surface area contributed by atoms with Gasteiger partial charge in [-0.15, -0.1) is 0 Å². The van der Waals surface area contributed by atoms with Crippen LogP contribution in [0.4, 0.5) is 0 Å². The van der Waals surface area contributed by atoms with Crippen molar-refractivity contribution >= 4 is 0 Å². The van der Waals surface area contributed by atoms with E-state index in [1.54, 1.807) is 0 Å². The Morgan fingerprint density at radius 3 is 2.31 bits per heavy atom. The van der Waals surface area contributed by atoms with Crippen molar-refractivity contribution in [3.05, 3.63) is 6.92 Å². The lowest BCUT2D eigenvalue weighted by atomic mass is 10.1. The smallest absolute Gasteiger partial charge is 0.0466 e. The van der Waals surface area contributed by atoms with Gasteiger partial charge in [0.2, 0.25) is 0 Å². The van der Waals surface area contributed by atoms with Gasteiger partial charge < -0.3 is 10.5 Å². The van der Waals surface area contributed by atoms with Crippen LogP contribution in [0.1, 0.15) is 64.7 Å². The summed E-state index contributed by atoms with van der Waals surface area (Å²) in [5.74, 6) is 0. The Bertz CT molecular complexity index is 128. The molecule has 2 N–H and O–H groups in total. The van der Waals surface area contributed by atoms with E-state index < -0.39 is 0 Å². The van der Waals surface area contributed by atoms with E-state index >= 15 is 0 Å². The lowest BCUT2D eigenvalue weighted by molar-refractivity contribution is 0.125. The molecule has 0 aromatic rings. The van der Waals surface area contributed by atoms with E-state index in [0.717, 1.165) is 38.9 Å². The van der Waals surface area contributed by atoms with Gasteiger partial charge in [-0.1, -0.05) is 39.5 Å². The molecule has 2 nitrogen and oxygen atoms in total. The molecule has 1 unspecified atom stereocenters. The van der Waals surface area contributed by atoms with Crippen LogP contribution in [-0.4, -0.2) is 19.3 Å². The molecule has 0 amide bonds. The fourth-order valence-electron chi connectivity index (χ4n) is 1.75. The summed E-state index contributed by atoms with van der Waals surface area (Å²) >= 11 is 0. The van der Waals surface area contributed by atoms with Crippen molar-refractivity contribution in [2.75, 3.05) is 13.2 Å². The standard InChI is InChI=1S/C14H30NO/c1-3-5-6-8-12-16-13-9-7-11-14(15)10-4-2/h14H,2-13,15H2,1H3. The molecule has 0 fully saturated rings. The molecule has 0 aliphatic rings. The van der Waals surface area contributed by atoms with Crippen molar-refractivity contribution in [2.24, 2.45) is 5.73 Å². The molecular formula is C14H30NO. The highest BCUT2D eigenvalue weighted by atomic mass is 16.5. The summed E-state index contributed by atoms with van der Waals surface area (Å²) in [4.78, 5) is 0. The second-order valence-corrected chi connectivity index (χ2v) is 4.57. The summed E-state index contributed by atoms with van der Waals surface area (Å²) in [5.41, 5.74) is 5.90. The molecule has 0 spiro atoms. The van der Waals surface area contributed by atoms with Crippen molar-refractivity contribution in [1.29, 1.82) is 0 Å². The number of unbranched alkanes of at least 4 members (excludes halogenated alkanes) is 4. The maximum atomic E-state index is 5.90. The van der Waals surface area contributed by atoms with Crippen LogP contribution in [0, 0.1) is 6.92 Å². The molecule has 0 saturated heterocycles. The first kappa shape index (κ1) is 15.9. The van der Waals surface area contributed by atoms with Gasteiger partial charge in [0, 0.05) is 19.3 Å². The zero-order valence-electron chi connectivity index (χ0n) is 11.0. The highest BCUT2D eigenvalue weighted by Gasteiger charge is 2.00. The van der Waals surface area contributed by atoms with Gasteiger partial charge in [0.25, 0.3) is 0 Å². The van der Waals surface area contributed by atoms with E-state index in [4.69, 9.17) is 10.5 Å². The molecule has 0 rings (SSSR count). The first-order chi connectivity index (χ1) is 7.81. The molecule has 0 aromatic carbocycles. The van der Waals surface area contributed by atoms with Crippen LogP contribution in [0.2, 0.25) is 0 Å². The van der Waals surface area contributed by atoms with Crippen LogP contribution >= 0.6 is 0 Å². The highest BCUT2D eigenvalue weighted by Crippen LogP contribution is 2.05. The Hall–Kier alpha value is -0.0800. The Kier molecular flexibility index (Phi) is 12.9. The average molecular weight is 228 g/mol. The maximum absolute atomic E-state index is 5.90. The molecule has 2 heteroatoms. The largest absolute Gasteiger partial charge is 0.381 e. The number of ether oxygens (including phenoxy) is 1. The van der Waals surface area contributed by atoms with Gasteiger partial charge in [-0.3, -0.25) is 0 Å². The zero-order chi connectivity index (χ0) is 12.1. The first-order valence-corrected chi connectivity index (χ1v) is 6.93. The van der Waals surface area contributed by atoms with Crippen molar-refractivity contribution in [3.63, 3.8) is 0 Å². The number of nitrogens with two attached hydrogens (primary N) is 1. The fraction of sp³-hybridized carbons (Fsp3) is 0.929. The van der Waals surface area contributed by atoms with E-state index in [1.165, 1.54) is 32.1 Å².